The minimum Gasteiger partial charge on any atom is -0.351 e. The molecule has 1 aliphatic heterocycles. The van der Waals surface area contributed by atoms with Crippen LogP contribution in [-0.4, -0.2) is 29.4 Å². The number of rotatable bonds is 5. The van der Waals surface area contributed by atoms with Gasteiger partial charge in [-0.1, -0.05) is 60.7 Å². The minimum absolute atomic E-state index is 0. The van der Waals surface area contributed by atoms with Crippen LogP contribution in [0.3, 0.4) is 0 Å². The van der Waals surface area contributed by atoms with Gasteiger partial charge in [-0.05, 0) is 37.8 Å². The van der Waals surface area contributed by atoms with Gasteiger partial charge in [0.2, 0.25) is 5.91 Å². The highest BCUT2D eigenvalue weighted by atomic mass is 35.5. The molecule has 1 amide bonds. The zero-order valence-corrected chi connectivity index (χ0v) is 18.1. The molecule has 154 valence electrons. The Bertz CT molecular complexity index is 725. The smallest absolute Gasteiger partial charge is 0.244 e. The number of hydrogen-bond acceptors (Lipinski definition) is 3. The summed E-state index contributed by atoms with van der Waals surface area (Å²) in [5, 5.41) is 3.18. The molecule has 1 fully saturated rings. The first kappa shape index (κ1) is 24.4. The van der Waals surface area contributed by atoms with E-state index in [4.69, 9.17) is 5.73 Å². The SMILES string of the molecule is CC1CC(NC(=O)C(C)(N)c2ccccc2)CCN1Cc1ccccc1.Cl.Cl. The van der Waals surface area contributed by atoms with Crippen molar-refractivity contribution in [3.05, 3.63) is 71.8 Å². The molecule has 0 bridgehead atoms. The van der Waals surface area contributed by atoms with Gasteiger partial charge in [-0.25, -0.2) is 0 Å². The number of nitrogens with two attached hydrogens (primary N) is 1. The Morgan fingerprint density at radius 3 is 2.25 bits per heavy atom. The van der Waals surface area contributed by atoms with Crippen molar-refractivity contribution in [1.29, 1.82) is 0 Å². The Labute approximate surface area is 180 Å². The number of hydrogen-bond donors (Lipinski definition) is 2. The fourth-order valence-corrected chi connectivity index (χ4v) is 3.66. The van der Waals surface area contributed by atoms with E-state index < -0.39 is 5.54 Å². The lowest BCUT2D eigenvalue weighted by molar-refractivity contribution is -0.127. The fourth-order valence-electron chi connectivity index (χ4n) is 3.66. The monoisotopic (exact) mass is 423 g/mol. The summed E-state index contributed by atoms with van der Waals surface area (Å²) < 4.78 is 0. The maximum absolute atomic E-state index is 12.8. The van der Waals surface area contributed by atoms with Crippen LogP contribution < -0.4 is 11.1 Å². The number of likely N-dealkylation sites (tertiary alicyclic amines) is 1. The number of halogens is 2. The molecule has 2 aromatic rings. The van der Waals surface area contributed by atoms with Gasteiger partial charge < -0.3 is 11.1 Å². The van der Waals surface area contributed by atoms with E-state index in [1.807, 2.05) is 36.4 Å². The quantitative estimate of drug-likeness (QED) is 0.766. The maximum Gasteiger partial charge on any atom is 0.244 e. The van der Waals surface area contributed by atoms with Crippen LogP contribution in [0.25, 0.3) is 0 Å². The molecule has 0 aliphatic carbocycles. The molecule has 0 aromatic heterocycles. The lowest BCUT2D eigenvalue weighted by atomic mass is 9.90. The van der Waals surface area contributed by atoms with Crippen LogP contribution in [0.5, 0.6) is 0 Å². The first-order chi connectivity index (χ1) is 12.5. The molecule has 1 heterocycles. The molecule has 4 nitrogen and oxygen atoms in total. The van der Waals surface area contributed by atoms with Crippen molar-refractivity contribution in [3.63, 3.8) is 0 Å². The van der Waals surface area contributed by atoms with Crippen LogP contribution in [0.2, 0.25) is 0 Å². The molecule has 0 saturated carbocycles. The van der Waals surface area contributed by atoms with Crippen LogP contribution in [0, 0.1) is 0 Å². The van der Waals surface area contributed by atoms with Gasteiger partial charge in [-0.2, -0.15) is 0 Å². The minimum atomic E-state index is -1.01. The molecule has 0 spiro atoms. The highest BCUT2D eigenvalue weighted by Crippen LogP contribution is 2.22. The zero-order chi connectivity index (χ0) is 18.6. The van der Waals surface area contributed by atoms with E-state index in [-0.39, 0.29) is 36.8 Å². The predicted octanol–water partition coefficient (Wildman–Crippen LogP) is 3.87. The summed E-state index contributed by atoms with van der Waals surface area (Å²) in [6, 6.07) is 20.7. The molecule has 3 rings (SSSR count). The third-order valence-electron chi connectivity index (χ3n) is 5.42. The predicted molar refractivity (Wildman–Crippen MR) is 120 cm³/mol. The number of carbonyl (C=O) groups is 1. The van der Waals surface area contributed by atoms with Crippen molar-refractivity contribution in [2.24, 2.45) is 5.73 Å². The first-order valence-electron chi connectivity index (χ1n) is 9.40. The molecule has 2 aromatic carbocycles. The summed E-state index contributed by atoms with van der Waals surface area (Å²) >= 11 is 0. The molecule has 1 aliphatic rings. The second kappa shape index (κ2) is 10.8. The van der Waals surface area contributed by atoms with Gasteiger partial charge in [-0.3, -0.25) is 9.69 Å². The Morgan fingerprint density at radius 1 is 1.11 bits per heavy atom. The molecule has 3 N–H and O–H groups in total. The highest BCUT2D eigenvalue weighted by Gasteiger charge is 2.34. The summed E-state index contributed by atoms with van der Waals surface area (Å²) in [4.78, 5) is 15.2. The third-order valence-corrected chi connectivity index (χ3v) is 5.42. The largest absolute Gasteiger partial charge is 0.351 e. The van der Waals surface area contributed by atoms with Crippen molar-refractivity contribution in [2.45, 2.75) is 50.9 Å². The average molecular weight is 424 g/mol. The lowest BCUT2D eigenvalue weighted by Gasteiger charge is -2.39. The molecule has 0 radical (unpaired) electrons. The Hall–Kier alpha value is -1.59. The third kappa shape index (κ3) is 5.95. The van der Waals surface area contributed by atoms with Gasteiger partial charge in [0.05, 0.1) is 0 Å². The van der Waals surface area contributed by atoms with E-state index >= 15 is 0 Å². The van der Waals surface area contributed by atoms with Crippen molar-refractivity contribution in [1.82, 2.24) is 10.2 Å². The van der Waals surface area contributed by atoms with Gasteiger partial charge in [0, 0.05) is 25.2 Å². The summed E-state index contributed by atoms with van der Waals surface area (Å²) in [5.41, 5.74) is 7.51. The Morgan fingerprint density at radius 2 is 1.68 bits per heavy atom. The van der Waals surface area contributed by atoms with Gasteiger partial charge in [0.25, 0.3) is 0 Å². The number of carbonyl (C=O) groups excluding carboxylic acids is 1. The van der Waals surface area contributed by atoms with Crippen LogP contribution in [-0.2, 0) is 16.9 Å². The number of amides is 1. The summed E-state index contributed by atoms with van der Waals surface area (Å²) in [5.74, 6) is -0.0996. The van der Waals surface area contributed by atoms with Crippen LogP contribution in [0.4, 0.5) is 0 Å². The molecule has 1 saturated heterocycles. The number of nitrogens with one attached hydrogen (secondary N) is 1. The van der Waals surface area contributed by atoms with Crippen molar-refractivity contribution >= 4 is 30.7 Å². The van der Waals surface area contributed by atoms with E-state index in [1.165, 1.54) is 5.56 Å². The molecule has 3 atom stereocenters. The topological polar surface area (TPSA) is 58.4 Å². The highest BCUT2D eigenvalue weighted by molar-refractivity contribution is 5.87. The van der Waals surface area contributed by atoms with Crippen LogP contribution in [0.15, 0.2) is 60.7 Å². The maximum atomic E-state index is 12.8. The van der Waals surface area contributed by atoms with Crippen LogP contribution in [0.1, 0.15) is 37.8 Å². The van der Waals surface area contributed by atoms with Gasteiger partial charge >= 0.3 is 0 Å². The molecule has 6 heteroatoms. The first-order valence-corrected chi connectivity index (χ1v) is 9.40. The number of piperidine rings is 1. The van der Waals surface area contributed by atoms with Crippen molar-refractivity contribution < 1.29 is 4.79 Å². The molecule has 3 unspecified atom stereocenters. The second-order valence-corrected chi connectivity index (χ2v) is 7.57. The van der Waals surface area contributed by atoms with E-state index in [1.54, 1.807) is 6.92 Å². The van der Waals surface area contributed by atoms with E-state index in [9.17, 15) is 4.79 Å². The van der Waals surface area contributed by atoms with Gasteiger partial charge in [0.15, 0.2) is 0 Å². The van der Waals surface area contributed by atoms with Gasteiger partial charge in [-0.15, -0.1) is 24.8 Å². The summed E-state index contributed by atoms with van der Waals surface area (Å²) in [7, 11) is 0. The standard InChI is InChI=1S/C22H29N3O.2ClH/c1-17-15-20(13-14-25(17)16-18-9-5-3-6-10-18)24-21(26)22(2,23)19-11-7-4-8-12-19;;/h3-12,17,20H,13-16,23H2,1-2H3,(H,24,26);2*1H. The number of nitrogens with zero attached hydrogens (tertiary/aromatic N) is 1. The van der Waals surface area contributed by atoms with E-state index in [0.717, 1.165) is 31.5 Å². The molecule has 28 heavy (non-hydrogen) atoms. The Balaban J connectivity index is 0.00000196. The second-order valence-electron chi connectivity index (χ2n) is 7.57. The zero-order valence-electron chi connectivity index (χ0n) is 16.5. The van der Waals surface area contributed by atoms with Crippen LogP contribution >= 0.6 is 24.8 Å². The Kier molecular flexibility index (Phi) is 9.45. The summed E-state index contributed by atoms with van der Waals surface area (Å²) in [6.07, 6.45) is 1.90. The van der Waals surface area contributed by atoms with Crippen molar-refractivity contribution in [3.8, 4) is 0 Å². The molecular formula is C22H31Cl2N3O. The van der Waals surface area contributed by atoms with E-state index in [2.05, 4.69) is 41.4 Å². The number of benzene rings is 2. The van der Waals surface area contributed by atoms with Gasteiger partial charge in [0.1, 0.15) is 5.54 Å². The van der Waals surface area contributed by atoms with E-state index in [0.29, 0.717) is 6.04 Å². The fraction of sp³-hybridized carbons (Fsp3) is 0.409. The van der Waals surface area contributed by atoms with Crippen molar-refractivity contribution in [2.75, 3.05) is 6.54 Å². The summed E-state index contributed by atoms with van der Waals surface area (Å²) in [6.45, 7) is 5.96. The molecular weight excluding hydrogens is 393 g/mol. The average Bonchev–Trinajstić information content (AvgIpc) is 2.65. The normalized spacial score (nSPS) is 21.5. The lowest BCUT2D eigenvalue weighted by Crippen LogP contribution is -2.55.